The van der Waals surface area contributed by atoms with Crippen molar-refractivity contribution in [3.05, 3.63) is 59.5 Å². The van der Waals surface area contributed by atoms with Crippen molar-refractivity contribution in [2.24, 2.45) is 0 Å². The minimum Gasteiger partial charge on any atom is -0.490 e. The molecule has 0 saturated carbocycles. The van der Waals surface area contributed by atoms with Crippen LogP contribution in [0.2, 0.25) is 0 Å². The van der Waals surface area contributed by atoms with Crippen LogP contribution in [0.3, 0.4) is 0 Å². The molecular weight excluding hydrogens is 328 g/mol. The minimum atomic E-state index is 0.282. The number of rotatable bonds is 5. The molecule has 0 bridgehead atoms. The van der Waals surface area contributed by atoms with E-state index in [9.17, 15) is 0 Å². The van der Waals surface area contributed by atoms with Crippen LogP contribution in [0.1, 0.15) is 29.7 Å². The van der Waals surface area contributed by atoms with Crippen molar-refractivity contribution in [2.75, 3.05) is 13.1 Å². The van der Waals surface area contributed by atoms with Crippen LogP contribution in [-0.2, 0) is 6.54 Å². The van der Waals surface area contributed by atoms with Gasteiger partial charge in [-0.2, -0.15) is 0 Å². The van der Waals surface area contributed by atoms with Gasteiger partial charge in [0, 0.05) is 25.7 Å². The van der Waals surface area contributed by atoms with Gasteiger partial charge in [0.15, 0.2) is 5.76 Å². The third kappa shape index (κ3) is 3.83. The number of aromatic nitrogens is 1. The Bertz CT molecular complexity index is 846. The van der Waals surface area contributed by atoms with Gasteiger partial charge in [-0.1, -0.05) is 11.2 Å². The molecule has 0 radical (unpaired) electrons. The van der Waals surface area contributed by atoms with E-state index in [2.05, 4.69) is 42.1 Å². The molecule has 1 aliphatic rings. The summed E-state index contributed by atoms with van der Waals surface area (Å²) < 4.78 is 16.9. The zero-order chi connectivity index (χ0) is 17.9. The molecule has 3 heterocycles. The lowest BCUT2D eigenvalue weighted by Gasteiger charge is -2.31. The van der Waals surface area contributed by atoms with Crippen molar-refractivity contribution in [3.8, 4) is 17.3 Å². The number of hydrogen-bond donors (Lipinski definition) is 0. The van der Waals surface area contributed by atoms with Crippen LogP contribution in [0.25, 0.3) is 11.5 Å². The first-order valence-corrected chi connectivity index (χ1v) is 9.13. The van der Waals surface area contributed by atoms with Crippen LogP contribution >= 0.6 is 0 Å². The van der Waals surface area contributed by atoms with Crippen LogP contribution in [0, 0.1) is 13.8 Å². The number of likely N-dealkylation sites (tertiary alicyclic amines) is 1. The van der Waals surface area contributed by atoms with E-state index >= 15 is 0 Å². The Morgan fingerprint density at radius 2 is 1.92 bits per heavy atom. The molecule has 136 valence electrons. The Morgan fingerprint density at radius 3 is 2.65 bits per heavy atom. The van der Waals surface area contributed by atoms with Crippen molar-refractivity contribution in [1.82, 2.24) is 10.1 Å². The van der Waals surface area contributed by atoms with Crippen LogP contribution < -0.4 is 4.74 Å². The fourth-order valence-corrected chi connectivity index (χ4v) is 3.32. The third-order valence-corrected chi connectivity index (χ3v) is 5.02. The van der Waals surface area contributed by atoms with Crippen LogP contribution in [0.5, 0.6) is 5.75 Å². The summed E-state index contributed by atoms with van der Waals surface area (Å²) in [5, 5.41) is 4.16. The van der Waals surface area contributed by atoms with E-state index in [0.29, 0.717) is 11.5 Å². The Kier molecular flexibility index (Phi) is 4.80. The molecule has 1 aliphatic heterocycles. The van der Waals surface area contributed by atoms with E-state index in [4.69, 9.17) is 13.7 Å². The quantitative estimate of drug-likeness (QED) is 0.672. The fraction of sp³-hybridized carbons (Fsp3) is 0.381. The van der Waals surface area contributed by atoms with Crippen molar-refractivity contribution in [1.29, 1.82) is 0 Å². The number of furan rings is 1. The summed E-state index contributed by atoms with van der Waals surface area (Å²) in [6.07, 6.45) is 3.97. The smallest absolute Gasteiger partial charge is 0.202 e. The second-order valence-electron chi connectivity index (χ2n) is 7.00. The molecule has 0 aliphatic carbocycles. The highest BCUT2D eigenvalue weighted by Crippen LogP contribution is 2.24. The largest absolute Gasteiger partial charge is 0.490 e. The Morgan fingerprint density at radius 1 is 1.08 bits per heavy atom. The monoisotopic (exact) mass is 352 g/mol. The zero-order valence-electron chi connectivity index (χ0n) is 15.3. The van der Waals surface area contributed by atoms with Gasteiger partial charge in [0.1, 0.15) is 11.9 Å². The highest BCUT2D eigenvalue weighted by molar-refractivity contribution is 5.49. The molecule has 1 aromatic carbocycles. The average Bonchev–Trinajstić information content (AvgIpc) is 3.31. The van der Waals surface area contributed by atoms with Gasteiger partial charge in [-0.05, 0) is 62.1 Å². The van der Waals surface area contributed by atoms with Crippen LogP contribution in [0.4, 0.5) is 0 Å². The lowest BCUT2D eigenvalue weighted by Crippen LogP contribution is -2.37. The first kappa shape index (κ1) is 16.9. The van der Waals surface area contributed by atoms with E-state index < -0.39 is 0 Å². The fourth-order valence-electron chi connectivity index (χ4n) is 3.32. The van der Waals surface area contributed by atoms with Gasteiger partial charge in [0.25, 0.3) is 0 Å². The number of ether oxygens (including phenoxy) is 1. The summed E-state index contributed by atoms with van der Waals surface area (Å²) in [6.45, 7) is 7.04. The van der Waals surface area contributed by atoms with Gasteiger partial charge < -0.3 is 13.7 Å². The molecule has 0 amide bonds. The number of piperidine rings is 1. The lowest BCUT2D eigenvalue weighted by molar-refractivity contribution is 0.0955. The van der Waals surface area contributed by atoms with E-state index in [1.165, 1.54) is 11.1 Å². The Balaban J connectivity index is 1.29. The van der Waals surface area contributed by atoms with Gasteiger partial charge in [0.05, 0.1) is 12.0 Å². The molecule has 1 fully saturated rings. The molecule has 3 aromatic rings. The molecule has 4 rings (SSSR count). The number of nitrogens with zero attached hydrogens (tertiary/aromatic N) is 2. The number of hydrogen-bond acceptors (Lipinski definition) is 5. The minimum absolute atomic E-state index is 0.282. The first-order valence-electron chi connectivity index (χ1n) is 9.13. The zero-order valence-corrected chi connectivity index (χ0v) is 15.3. The van der Waals surface area contributed by atoms with E-state index in [-0.39, 0.29) is 6.10 Å². The average molecular weight is 352 g/mol. The van der Waals surface area contributed by atoms with Crippen LogP contribution in [-0.4, -0.2) is 29.3 Å². The molecule has 1 saturated heterocycles. The van der Waals surface area contributed by atoms with E-state index in [1.54, 1.807) is 6.26 Å². The highest BCUT2D eigenvalue weighted by Gasteiger charge is 2.22. The van der Waals surface area contributed by atoms with E-state index in [0.717, 1.165) is 43.9 Å². The van der Waals surface area contributed by atoms with Gasteiger partial charge in [-0.25, -0.2) is 0 Å². The maximum atomic E-state index is 6.17. The third-order valence-electron chi connectivity index (χ3n) is 5.02. The normalized spacial score (nSPS) is 16.1. The van der Waals surface area contributed by atoms with Gasteiger partial charge in [-0.15, -0.1) is 0 Å². The Labute approximate surface area is 153 Å². The van der Waals surface area contributed by atoms with Crippen molar-refractivity contribution in [3.63, 3.8) is 0 Å². The summed E-state index contributed by atoms with van der Waals surface area (Å²) in [7, 11) is 0. The predicted molar refractivity (Wildman–Crippen MR) is 99.0 cm³/mol. The summed E-state index contributed by atoms with van der Waals surface area (Å²) in [4.78, 5) is 2.39. The SMILES string of the molecule is Cc1ccc(OC2CCN(Cc3cc(-c4ccco4)on3)CC2)cc1C. The summed E-state index contributed by atoms with van der Waals surface area (Å²) in [5.74, 6) is 2.37. The molecule has 2 aromatic heterocycles. The molecule has 5 heteroatoms. The number of aryl methyl sites for hydroxylation is 2. The summed E-state index contributed by atoms with van der Waals surface area (Å²) in [6, 6.07) is 12.0. The highest BCUT2D eigenvalue weighted by atomic mass is 16.5. The Hall–Kier alpha value is -2.53. The predicted octanol–water partition coefficient (Wildman–Crippen LogP) is 4.59. The lowest BCUT2D eigenvalue weighted by atomic mass is 10.1. The molecule has 0 atom stereocenters. The van der Waals surface area contributed by atoms with E-state index in [1.807, 2.05) is 18.2 Å². The molecular formula is C21H24N2O3. The topological polar surface area (TPSA) is 51.6 Å². The standard InChI is InChI=1S/C21H24N2O3/c1-15-5-6-19(12-16(15)2)25-18-7-9-23(10-8-18)14-17-13-21(26-22-17)20-4-3-11-24-20/h3-6,11-13,18H,7-10,14H2,1-2H3. The first-order chi connectivity index (χ1) is 12.7. The van der Waals surface area contributed by atoms with Gasteiger partial charge in [-0.3, -0.25) is 4.90 Å². The maximum absolute atomic E-state index is 6.17. The molecule has 0 spiro atoms. The molecule has 5 nitrogen and oxygen atoms in total. The van der Waals surface area contributed by atoms with Gasteiger partial charge >= 0.3 is 0 Å². The van der Waals surface area contributed by atoms with Crippen molar-refractivity contribution >= 4 is 0 Å². The van der Waals surface area contributed by atoms with Gasteiger partial charge in [0.2, 0.25) is 5.76 Å². The maximum Gasteiger partial charge on any atom is 0.202 e. The molecule has 26 heavy (non-hydrogen) atoms. The molecule has 0 unspecified atom stereocenters. The summed E-state index contributed by atoms with van der Waals surface area (Å²) >= 11 is 0. The van der Waals surface area contributed by atoms with Crippen LogP contribution in [0.15, 0.2) is 51.6 Å². The second-order valence-corrected chi connectivity index (χ2v) is 7.00. The number of benzene rings is 1. The van der Waals surface area contributed by atoms with Crippen molar-refractivity contribution < 1.29 is 13.7 Å². The van der Waals surface area contributed by atoms with Crippen molar-refractivity contribution in [2.45, 2.75) is 39.3 Å². The molecule has 0 N–H and O–H groups in total. The second kappa shape index (κ2) is 7.38. The summed E-state index contributed by atoms with van der Waals surface area (Å²) in [5.41, 5.74) is 3.51.